The number of rotatable bonds is 7. The number of unbranched alkanes of at least 4 members (excludes halogenated alkanes) is 1. The van der Waals surface area contributed by atoms with E-state index in [4.69, 9.17) is 15.2 Å². The van der Waals surface area contributed by atoms with E-state index in [9.17, 15) is 0 Å². The molecule has 0 radical (unpaired) electrons. The topological polar surface area (TPSA) is 56.5 Å². The van der Waals surface area contributed by atoms with Crippen molar-refractivity contribution in [2.45, 2.75) is 19.8 Å². The van der Waals surface area contributed by atoms with Crippen LogP contribution in [0.25, 0.3) is 0 Å². The van der Waals surface area contributed by atoms with Gasteiger partial charge in [-0.3, -0.25) is 0 Å². The second-order valence-corrected chi connectivity index (χ2v) is 3.94. The van der Waals surface area contributed by atoms with Crippen LogP contribution in [0.1, 0.15) is 18.4 Å². The molecule has 3 N–H and O–H groups in total. The predicted molar refractivity (Wildman–Crippen MR) is 71.1 cm³/mol. The van der Waals surface area contributed by atoms with Crippen molar-refractivity contribution in [1.82, 2.24) is 0 Å². The fourth-order valence-electron chi connectivity index (χ4n) is 1.66. The first-order chi connectivity index (χ1) is 8.22. The fraction of sp³-hybridized carbons (Fsp3) is 0.538. The maximum atomic E-state index is 5.46. The maximum Gasteiger partial charge on any atom is 0.162 e. The average Bonchev–Trinajstić information content (AvgIpc) is 2.35. The number of nitrogens with two attached hydrogens (primary N) is 1. The molecule has 0 fully saturated rings. The highest BCUT2D eigenvalue weighted by atomic mass is 16.5. The lowest BCUT2D eigenvalue weighted by atomic mass is 10.1. The molecular formula is C13H22N2O2. The summed E-state index contributed by atoms with van der Waals surface area (Å²) in [5.41, 5.74) is 7.69. The van der Waals surface area contributed by atoms with Gasteiger partial charge in [0.2, 0.25) is 0 Å². The first-order valence-electron chi connectivity index (χ1n) is 5.89. The second-order valence-electron chi connectivity index (χ2n) is 3.94. The lowest BCUT2D eigenvalue weighted by molar-refractivity contribution is 0.355. The van der Waals surface area contributed by atoms with Crippen molar-refractivity contribution in [1.29, 1.82) is 0 Å². The van der Waals surface area contributed by atoms with Crippen molar-refractivity contribution >= 4 is 5.69 Å². The summed E-state index contributed by atoms with van der Waals surface area (Å²) in [6.45, 7) is 3.72. The third kappa shape index (κ3) is 3.82. The van der Waals surface area contributed by atoms with E-state index in [0.29, 0.717) is 0 Å². The van der Waals surface area contributed by atoms with E-state index in [1.807, 2.05) is 19.1 Å². The summed E-state index contributed by atoms with van der Waals surface area (Å²) in [6, 6.07) is 3.95. The molecule has 4 nitrogen and oxygen atoms in total. The molecule has 0 aliphatic carbocycles. The number of ether oxygens (including phenoxy) is 2. The smallest absolute Gasteiger partial charge is 0.162 e. The van der Waals surface area contributed by atoms with Gasteiger partial charge in [-0.25, -0.2) is 0 Å². The SMILES string of the molecule is COc1cc(C)c(NCCCCN)cc1OC. The van der Waals surface area contributed by atoms with Gasteiger partial charge in [0.25, 0.3) is 0 Å². The van der Waals surface area contributed by atoms with E-state index in [2.05, 4.69) is 5.32 Å². The molecule has 4 heteroatoms. The van der Waals surface area contributed by atoms with Gasteiger partial charge in [0, 0.05) is 18.3 Å². The zero-order chi connectivity index (χ0) is 12.7. The molecule has 0 spiro atoms. The number of nitrogens with one attached hydrogen (secondary N) is 1. The highest BCUT2D eigenvalue weighted by molar-refractivity contribution is 5.60. The molecule has 0 atom stereocenters. The van der Waals surface area contributed by atoms with Gasteiger partial charge in [-0.1, -0.05) is 0 Å². The number of methoxy groups -OCH3 is 2. The van der Waals surface area contributed by atoms with Gasteiger partial charge in [0.15, 0.2) is 11.5 Å². The zero-order valence-electron chi connectivity index (χ0n) is 10.9. The zero-order valence-corrected chi connectivity index (χ0v) is 10.9. The first-order valence-corrected chi connectivity index (χ1v) is 5.89. The molecule has 96 valence electrons. The Morgan fingerprint density at radius 2 is 1.76 bits per heavy atom. The van der Waals surface area contributed by atoms with Crippen LogP contribution in [0.2, 0.25) is 0 Å². The predicted octanol–water partition coefficient (Wildman–Crippen LogP) is 2.16. The lowest BCUT2D eigenvalue weighted by Crippen LogP contribution is -2.07. The highest BCUT2D eigenvalue weighted by Crippen LogP contribution is 2.32. The Morgan fingerprint density at radius 3 is 2.35 bits per heavy atom. The molecule has 0 saturated carbocycles. The Bertz CT molecular complexity index is 354. The van der Waals surface area contributed by atoms with Gasteiger partial charge in [0.05, 0.1) is 14.2 Å². The van der Waals surface area contributed by atoms with Gasteiger partial charge in [0.1, 0.15) is 0 Å². The summed E-state index contributed by atoms with van der Waals surface area (Å²) < 4.78 is 10.5. The molecule has 0 amide bonds. The summed E-state index contributed by atoms with van der Waals surface area (Å²) in [5, 5.41) is 3.38. The van der Waals surface area contributed by atoms with Crippen molar-refractivity contribution in [3.63, 3.8) is 0 Å². The van der Waals surface area contributed by atoms with Crippen LogP contribution in [0, 0.1) is 6.92 Å². The van der Waals surface area contributed by atoms with Gasteiger partial charge in [-0.05, 0) is 37.9 Å². The second kappa shape index (κ2) is 7.01. The Balaban J connectivity index is 2.71. The number of anilines is 1. The lowest BCUT2D eigenvalue weighted by Gasteiger charge is -2.14. The molecule has 0 saturated heterocycles. The molecule has 0 bridgehead atoms. The van der Waals surface area contributed by atoms with E-state index in [-0.39, 0.29) is 0 Å². The van der Waals surface area contributed by atoms with Crippen molar-refractivity contribution in [2.75, 3.05) is 32.6 Å². The summed E-state index contributed by atoms with van der Waals surface area (Å²) in [6.07, 6.45) is 2.11. The van der Waals surface area contributed by atoms with Gasteiger partial charge in [-0.15, -0.1) is 0 Å². The van der Waals surface area contributed by atoms with E-state index in [1.165, 1.54) is 0 Å². The van der Waals surface area contributed by atoms with Gasteiger partial charge in [-0.2, -0.15) is 0 Å². The van der Waals surface area contributed by atoms with E-state index in [1.54, 1.807) is 14.2 Å². The third-order valence-electron chi connectivity index (χ3n) is 2.68. The van der Waals surface area contributed by atoms with Crippen molar-refractivity contribution in [2.24, 2.45) is 5.73 Å². The monoisotopic (exact) mass is 238 g/mol. The molecule has 1 aromatic carbocycles. The largest absolute Gasteiger partial charge is 0.493 e. The minimum absolute atomic E-state index is 0.743. The molecule has 0 unspecified atom stereocenters. The minimum atomic E-state index is 0.743. The Labute approximate surface area is 103 Å². The summed E-state index contributed by atoms with van der Waals surface area (Å²) >= 11 is 0. The molecule has 1 rings (SSSR count). The Kier molecular flexibility index (Phi) is 5.63. The van der Waals surface area contributed by atoms with Crippen molar-refractivity contribution in [3.8, 4) is 11.5 Å². The molecule has 1 aromatic rings. The van der Waals surface area contributed by atoms with E-state index in [0.717, 1.165) is 48.7 Å². The van der Waals surface area contributed by atoms with Gasteiger partial charge >= 0.3 is 0 Å². The molecule has 0 aromatic heterocycles. The van der Waals surface area contributed by atoms with Crippen LogP contribution in [0.15, 0.2) is 12.1 Å². The number of hydrogen-bond donors (Lipinski definition) is 2. The minimum Gasteiger partial charge on any atom is -0.493 e. The average molecular weight is 238 g/mol. The van der Waals surface area contributed by atoms with Crippen LogP contribution in [-0.4, -0.2) is 27.3 Å². The fourth-order valence-corrected chi connectivity index (χ4v) is 1.66. The number of hydrogen-bond acceptors (Lipinski definition) is 4. The van der Waals surface area contributed by atoms with Crippen molar-refractivity contribution < 1.29 is 9.47 Å². The van der Waals surface area contributed by atoms with Gasteiger partial charge < -0.3 is 20.5 Å². The Morgan fingerprint density at radius 1 is 1.12 bits per heavy atom. The summed E-state index contributed by atoms with van der Waals surface area (Å²) in [7, 11) is 3.29. The molecule has 17 heavy (non-hydrogen) atoms. The van der Waals surface area contributed by atoms with Crippen LogP contribution in [0.3, 0.4) is 0 Å². The van der Waals surface area contributed by atoms with Crippen LogP contribution < -0.4 is 20.5 Å². The first kappa shape index (κ1) is 13.6. The third-order valence-corrected chi connectivity index (χ3v) is 2.68. The number of aryl methyl sites for hydroxylation is 1. The summed E-state index contributed by atoms with van der Waals surface area (Å²) in [5.74, 6) is 1.51. The van der Waals surface area contributed by atoms with Crippen LogP contribution in [0.4, 0.5) is 5.69 Å². The normalized spacial score (nSPS) is 10.1. The summed E-state index contributed by atoms with van der Waals surface area (Å²) in [4.78, 5) is 0. The standard InChI is InChI=1S/C13H22N2O2/c1-10-8-12(16-2)13(17-3)9-11(10)15-7-5-4-6-14/h8-9,15H,4-7,14H2,1-3H3. The van der Waals surface area contributed by atoms with Crippen LogP contribution in [0.5, 0.6) is 11.5 Å². The molecule has 0 aliphatic rings. The Hall–Kier alpha value is -1.42. The quantitative estimate of drug-likeness (QED) is 0.715. The van der Waals surface area contributed by atoms with Crippen molar-refractivity contribution in [3.05, 3.63) is 17.7 Å². The molecule has 0 aliphatic heterocycles. The van der Waals surface area contributed by atoms with Crippen LogP contribution >= 0.6 is 0 Å². The van der Waals surface area contributed by atoms with E-state index >= 15 is 0 Å². The highest BCUT2D eigenvalue weighted by Gasteiger charge is 2.07. The van der Waals surface area contributed by atoms with E-state index < -0.39 is 0 Å². The van der Waals surface area contributed by atoms with Crippen LogP contribution in [-0.2, 0) is 0 Å². The molecule has 0 heterocycles. The number of benzene rings is 1. The molecular weight excluding hydrogens is 216 g/mol. The maximum absolute atomic E-state index is 5.46.